The molecular weight excluding hydrogens is 150 g/mol. The maximum atomic E-state index is 10.7. The molecule has 0 aromatic rings. The molecule has 1 aliphatic rings. The molecule has 1 heterocycles. The fourth-order valence-corrected chi connectivity index (χ4v) is 0.901. The van der Waals surface area contributed by atoms with E-state index in [0.717, 1.165) is 0 Å². The van der Waals surface area contributed by atoms with Crippen LogP contribution in [-0.4, -0.2) is 29.3 Å². The zero-order valence-corrected chi connectivity index (χ0v) is 5.66. The Balaban J connectivity index is 2.69. The van der Waals surface area contributed by atoms with Crippen LogP contribution in [-0.2, 0) is 14.4 Å². The number of carbonyl (C=O) groups excluding carboxylic acids is 2. The molecule has 1 aliphatic heterocycles. The Bertz CT molecular complexity index is 223. The molecular formula is C6H7NO4. The Kier molecular flexibility index (Phi) is 1.89. The standard InChI is InChI=1S/C6H7NO4/c8-3-1-4(6(10)11)5(9)7-2-3/h4H,1-2H2,(H,7,9)(H,10,11). The molecule has 1 unspecified atom stereocenters. The van der Waals surface area contributed by atoms with Gasteiger partial charge in [-0.1, -0.05) is 0 Å². The number of aliphatic carboxylic acids is 1. The topological polar surface area (TPSA) is 83.5 Å². The molecule has 0 bridgehead atoms. The van der Waals surface area contributed by atoms with Crippen molar-refractivity contribution in [3.63, 3.8) is 0 Å². The summed E-state index contributed by atoms with van der Waals surface area (Å²) < 4.78 is 0. The lowest BCUT2D eigenvalue weighted by molar-refractivity contribution is -0.151. The highest BCUT2D eigenvalue weighted by atomic mass is 16.4. The molecule has 1 amide bonds. The number of Topliss-reactive ketones (excluding diaryl/α,β-unsaturated/α-hetero) is 1. The molecule has 0 aromatic carbocycles. The first-order valence-corrected chi connectivity index (χ1v) is 3.13. The minimum atomic E-state index is -1.24. The third kappa shape index (κ3) is 1.54. The van der Waals surface area contributed by atoms with Gasteiger partial charge in [0.25, 0.3) is 0 Å². The summed E-state index contributed by atoms with van der Waals surface area (Å²) in [6.45, 7) is -0.0391. The number of hydrogen-bond donors (Lipinski definition) is 2. The molecule has 1 saturated heterocycles. The van der Waals surface area contributed by atoms with E-state index in [1.165, 1.54) is 0 Å². The lowest BCUT2D eigenvalue weighted by atomic mass is 9.98. The van der Waals surface area contributed by atoms with Crippen molar-refractivity contribution in [2.75, 3.05) is 6.54 Å². The van der Waals surface area contributed by atoms with E-state index < -0.39 is 17.8 Å². The molecule has 1 fully saturated rings. The van der Waals surface area contributed by atoms with Crippen LogP contribution in [0.2, 0.25) is 0 Å². The lowest BCUT2D eigenvalue weighted by Crippen LogP contribution is -2.44. The highest BCUT2D eigenvalue weighted by Crippen LogP contribution is 2.08. The fourth-order valence-electron chi connectivity index (χ4n) is 0.901. The average molecular weight is 157 g/mol. The van der Waals surface area contributed by atoms with Crippen molar-refractivity contribution in [2.45, 2.75) is 6.42 Å². The monoisotopic (exact) mass is 157 g/mol. The number of carboxylic acid groups (broad SMARTS) is 1. The van der Waals surface area contributed by atoms with Gasteiger partial charge in [-0.25, -0.2) is 0 Å². The first kappa shape index (κ1) is 7.71. The smallest absolute Gasteiger partial charge is 0.316 e. The predicted molar refractivity (Wildman–Crippen MR) is 33.8 cm³/mol. The van der Waals surface area contributed by atoms with Crippen molar-refractivity contribution in [3.8, 4) is 0 Å². The summed E-state index contributed by atoms with van der Waals surface area (Å²) in [5.74, 6) is -3.24. The van der Waals surface area contributed by atoms with Crippen LogP contribution in [0.1, 0.15) is 6.42 Å². The fraction of sp³-hybridized carbons (Fsp3) is 0.500. The quantitative estimate of drug-likeness (QED) is 0.467. The summed E-state index contributed by atoms with van der Waals surface area (Å²) in [5, 5.41) is 10.6. The molecule has 1 rings (SSSR count). The van der Waals surface area contributed by atoms with E-state index in [1.807, 2.05) is 0 Å². The van der Waals surface area contributed by atoms with E-state index in [2.05, 4.69) is 5.32 Å². The number of piperidine rings is 1. The Morgan fingerprint density at radius 2 is 2.18 bits per heavy atom. The number of nitrogens with one attached hydrogen (secondary N) is 1. The van der Waals surface area contributed by atoms with Gasteiger partial charge in [0.2, 0.25) is 5.91 Å². The van der Waals surface area contributed by atoms with Crippen LogP contribution in [0.4, 0.5) is 0 Å². The zero-order chi connectivity index (χ0) is 8.43. The second-order valence-corrected chi connectivity index (χ2v) is 2.35. The van der Waals surface area contributed by atoms with Crippen molar-refractivity contribution in [1.29, 1.82) is 0 Å². The average Bonchev–Trinajstić information content (AvgIpc) is 1.94. The van der Waals surface area contributed by atoms with Crippen LogP contribution >= 0.6 is 0 Å². The SMILES string of the molecule is O=C1CNC(=O)C(C(=O)O)C1. The van der Waals surface area contributed by atoms with Crippen LogP contribution in [0, 0.1) is 5.92 Å². The Morgan fingerprint density at radius 1 is 1.55 bits per heavy atom. The molecule has 5 heteroatoms. The van der Waals surface area contributed by atoms with Gasteiger partial charge in [0.15, 0.2) is 5.78 Å². The number of carboxylic acids is 1. The lowest BCUT2D eigenvalue weighted by Gasteiger charge is -2.16. The van der Waals surface area contributed by atoms with Crippen molar-refractivity contribution in [3.05, 3.63) is 0 Å². The summed E-state index contributed by atoms with van der Waals surface area (Å²) in [4.78, 5) is 31.7. The minimum Gasteiger partial charge on any atom is -0.481 e. The Labute approximate surface area is 62.4 Å². The van der Waals surface area contributed by atoms with E-state index in [0.29, 0.717) is 0 Å². The highest BCUT2D eigenvalue weighted by molar-refractivity contribution is 6.04. The number of amides is 1. The predicted octanol–water partition coefficient (Wildman–Crippen LogP) is -1.22. The Morgan fingerprint density at radius 3 is 2.64 bits per heavy atom. The summed E-state index contributed by atoms with van der Waals surface area (Å²) in [6.07, 6.45) is -0.179. The van der Waals surface area contributed by atoms with E-state index in [1.54, 1.807) is 0 Å². The number of ketones is 1. The van der Waals surface area contributed by atoms with Gasteiger partial charge >= 0.3 is 5.97 Å². The third-order valence-electron chi connectivity index (χ3n) is 1.51. The van der Waals surface area contributed by atoms with E-state index in [-0.39, 0.29) is 18.7 Å². The molecule has 0 saturated carbocycles. The summed E-state index contributed by atoms with van der Waals surface area (Å²) in [7, 11) is 0. The summed E-state index contributed by atoms with van der Waals surface area (Å²) in [5.41, 5.74) is 0. The first-order chi connectivity index (χ1) is 5.11. The van der Waals surface area contributed by atoms with Crippen LogP contribution in [0.3, 0.4) is 0 Å². The maximum Gasteiger partial charge on any atom is 0.316 e. The molecule has 1 atom stereocenters. The van der Waals surface area contributed by atoms with Crippen LogP contribution in [0.25, 0.3) is 0 Å². The zero-order valence-electron chi connectivity index (χ0n) is 5.66. The van der Waals surface area contributed by atoms with Gasteiger partial charge in [-0.05, 0) is 0 Å². The highest BCUT2D eigenvalue weighted by Gasteiger charge is 2.32. The molecule has 0 aromatic heterocycles. The minimum absolute atomic E-state index is 0.0391. The largest absolute Gasteiger partial charge is 0.481 e. The van der Waals surface area contributed by atoms with Crippen molar-refractivity contribution < 1.29 is 19.5 Å². The van der Waals surface area contributed by atoms with Gasteiger partial charge < -0.3 is 10.4 Å². The van der Waals surface area contributed by atoms with Gasteiger partial charge in [0.1, 0.15) is 5.92 Å². The normalized spacial score (nSPS) is 24.5. The second-order valence-electron chi connectivity index (χ2n) is 2.35. The molecule has 0 spiro atoms. The first-order valence-electron chi connectivity index (χ1n) is 3.13. The van der Waals surface area contributed by atoms with Gasteiger partial charge in [-0.3, -0.25) is 14.4 Å². The molecule has 2 N–H and O–H groups in total. The van der Waals surface area contributed by atoms with E-state index in [4.69, 9.17) is 5.11 Å². The van der Waals surface area contributed by atoms with Crippen molar-refractivity contribution in [1.82, 2.24) is 5.32 Å². The second kappa shape index (κ2) is 2.69. The van der Waals surface area contributed by atoms with E-state index >= 15 is 0 Å². The summed E-state index contributed by atoms with van der Waals surface area (Å²) >= 11 is 0. The van der Waals surface area contributed by atoms with Crippen molar-refractivity contribution >= 4 is 17.7 Å². The van der Waals surface area contributed by atoms with Crippen molar-refractivity contribution in [2.24, 2.45) is 5.92 Å². The number of rotatable bonds is 1. The number of carbonyl (C=O) groups is 3. The third-order valence-corrected chi connectivity index (χ3v) is 1.51. The van der Waals surface area contributed by atoms with Crippen LogP contribution in [0.15, 0.2) is 0 Å². The molecule has 0 radical (unpaired) electrons. The van der Waals surface area contributed by atoms with Gasteiger partial charge in [-0.15, -0.1) is 0 Å². The van der Waals surface area contributed by atoms with Gasteiger partial charge in [0, 0.05) is 6.42 Å². The number of hydrogen-bond acceptors (Lipinski definition) is 3. The van der Waals surface area contributed by atoms with Gasteiger partial charge in [-0.2, -0.15) is 0 Å². The molecule has 5 nitrogen and oxygen atoms in total. The van der Waals surface area contributed by atoms with Crippen LogP contribution in [0.5, 0.6) is 0 Å². The van der Waals surface area contributed by atoms with Crippen LogP contribution < -0.4 is 5.32 Å². The van der Waals surface area contributed by atoms with E-state index in [9.17, 15) is 14.4 Å². The van der Waals surface area contributed by atoms with Gasteiger partial charge in [0.05, 0.1) is 6.54 Å². The Hall–Kier alpha value is -1.39. The molecule has 11 heavy (non-hydrogen) atoms. The summed E-state index contributed by atoms with van der Waals surface area (Å²) in [6, 6.07) is 0. The maximum absolute atomic E-state index is 10.7. The molecule has 0 aliphatic carbocycles. The molecule has 60 valence electrons.